The molecular weight excluding hydrogens is 346 g/mol. The van der Waals surface area contributed by atoms with Crippen molar-refractivity contribution in [2.75, 3.05) is 34.4 Å². The number of nitrogens with zero attached hydrogens (tertiary/aromatic N) is 4. The Bertz CT molecular complexity index is 799. The molecule has 1 amide bonds. The standard InChI is InChI=1S/C19H27N5O3/c1-13-9-17(26-3)18(27-4)10-14(13)11-23(2)19(25)16-12-24(22-21-16)15-5-7-20-8-6-15/h9-10,12,15,20H,5-8,11H2,1-4H3. The van der Waals surface area contributed by atoms with Crippen LogP contribution >= 0.6 is 0 Å². The van der Waals surface area contributed by atoms with E-state index in [1.165, 1.54) is 0 Å². The lowest BCUT2D eigenvalue weighted by Gasteiger charge is -2.22. The summed E-state index contributed by atoms with van der Waals surface area (Å²) in [7, 11) is 4.98. The first-order chi connectivity index (χ1) is 13.0. The molecule has 1 aliphatic heterocycles. The number of aromatic nitrogens is 3. The number of carbonyl (C=O) groups is 1. The Balaban J connectivity index is 1.72. The molecule has 3 rings (SSSR count). The second kappa shape index (κ2) is 8.39. The van der Waals surface area contributed by atoms with Crippen LogP contribution in [-0.2, 0) is 6.54 Å². The third kappa shape index (κ3) is 4.21. The van der Waals surface area contributed by atoms with Gasteiger partial charge in [0.25, 0.3) is 5.91 Å². The number of benzene rings is 1. The highest BCUT2D eigenvalue weighted by atomic mass is 16.5. The van der Waals surface area contributed by atoms with Crippen LogP contribution in [0.5, 0.6) is 11.5 Å². The zero-order valence-electron chi connectivity index (χ0n) is 16.4. The quantitative estimate of drug-likeness (QED) is 0.832. The largest absolute Gasteiger partial charge is 0.493 e. The molecule has 0 aliphatic carbocycles. The molecule has 0 unspecified atom stereocenters. The Hall–Kier alpha value is -2.61. The fourth-order valence-corrected chi connectivity index (χ4v) is 3.34. The average molecular weight is 373 g/mol. The fourth-order valence-electron chi connectivity index (χ4n) is 3.34. The van der Waals surface area contributed by atoms with Gasteiger partial charge in [-0.2, -0.15) is 0 Å². The van der Waals surface area contributed by atoms with Crippen LogP contribution in [0.4, 0.5) is 0 Å². The predicted molar refractivity (Wildman–Crippen MR) is 101 cm³/mol. The molecule has 8 heteroatoms. The summed E-state index contributed by atoms with van der Waals surface area (Å²) in [6.07, 6.45) is 3.76. The number of hydrogen-bond donors (Lipinski definition) is 1. The van der Waals surface area contributed by atoms with E-state index < -0.39 is 0 Å². The van der Waals surface area contributed by atoms with Crippen LogP contribution in [0.15, 0.2) is 18.3 Å². The number of methoxy groups -OCH3 is 2. The molecule has 27 heavy (non-hydrogen) atoms. The van der Waals surface area contributed by atoms with Crippen molar-refractivity contribution in [2.45, 2.75) is 32.4 Å². The van der Waals surface area contributed by atoms with Crippen LogP contribution in [0.1, 0.15) is 40.5 Å². The Morgan fingerprint density at radius 3 is 2.59 bits per heavy atom. The minimum atomic E-state index is -0.149. The van der Waals surface area contributed by atoms with Crippen LogP contribution in [0.2, 0.25) is 0 Å². The van der Waals surface area contributed by atoms with E-state index in [0.717, 1.165) is 37.1 Å². The summed E-state index contributed by atoms with van der Waals surface area (Å²) in [5.41, 5.74) is 2.40. The number of aryl methyl sites for hydroxylation is 1. The summed E-state index contributed by atoms with van der Waals surface area (Å²) >= 11 is 0. The van der Waals surface area contributed by atoms with Crippen molar-refractivity contribution >= 4 is 5.91 Å². The first kappa shape index (κ1) is 19.2. The smallest absolute Gasteiger partial charge is 0.276 e. The van der Waals surface area contributed by atoms with Crippen molar-refractivity contribution in [3.8, 4) is 11.5 Å². The second-order valence-corrected chi connectivity index (χ2v) is 6.86. The number of hydrogen-bond acceptors (Lipinski definition) is 6. The van der Waals surface area contributed by atoms with E-state index in [0.29, 0.717) is 29.8 Å². The Labute approximate surface area is 159 Å². The molecule has 1 fully saturated rings. The average Bonchev–Trinajstić information content (AvgIpc) is 3.19. The Kier molecular flexibility index (Phi) is 5.95. The maximum absolute atomic E-state index is 12.8. The second-order valence-electron chi connectivity index (χ2n) is 6.86. The van der Waals surface area contributed by atoms with Gasteiger partial charge < -0.3 is 19.7 Å². The molecule has 1 aromatic carbocycles. The predicted octanol–water partition coefficient (Wildman–Crippen LogP) is 1.80. The first-order valence-electron chi connectivity index (χ1n) is 9.13. The molecule has 1 aliphatic rings. The highest BCUT2D eigenvalue weighted by Crippen LogP contribution is 2.30. The number of carbonyl (C=O) groups excluding carboxylic acids is 1. The highest BCUT2D eigenvalue weighted by Gasteiger charge is 2.21. The number of amides is 1. The van der Waals surface area contributed by atoms with Gasteiger partial charge in [0.1, 0.15) is 0 Å². The van der Waals surface area contributed by atoms with Gasteiger partial charge in [-0.15, -0.1) is 5.10 Å². The van der Waals surface area contributed by atoms with Crippen LogP contribution in [0.25, 0.3) is 0 Å². The van der Waals surface area contributed by atoms with Crippen molar-refractivity contribution in [3.05, 3.63) is 35.2 Å². The number of ether oxygens (including phenoxy) is 2. The molecular formula is C19H27N5O3. The lowest BCUT2D eigenvalue weighted by atomic mass is 10.1. The lowest BCUT2D eigenvalue weighted by Crippen LogP contribution is -2.29. The van der Waals surface area contributed by atoms with E-state index in [9.17, 15) is 4.79 Å². The van der Waals surface area contributed by atoms with E-state index in [-0.39, 0.29) is 5.91 Å². The van der Waals surface area contributed by atoms with Crippen molar-refractivity contribution in [1.29, 1.82) is 0 Å². The summed E-state index contributed by atoms with van der Waals surface area (Å²) in [6.45, 7) is 4.37. The van der Waals surface area contributed by atoms with Gasteiger partial charge in [-0.3, -0.25) is 4.79 Å². The van der Waals surface area contributed by atoms with E-state index in [2.05, 4.69) is 15.6 Å². The third-order valence-electron chi connectivity index (χ3n) is 5.01. The van der Waals surface area contributed by atoms with Crippen molar-refractivity contribution in [2.24, 2.45) is 0 Å². The molecule has 0 saturated carbocycles. The zero-order valence-corrected chi connectivity index (χ0v) is 16.4. The monoisotopic (exact) mass is 373 g/mol. The highest BCUT2D eigenvalue weighted by molar-refractivity contribution is 5.91. The molecule has 8 nitrogen and oxygen atoms in total. The van der Waals surface area contributed by atoms with E-state index in [1.807, 2.05) is 23.7 Å². The van der Waals surface area contributed by atoms with E-state index in [4.69, 9.17) is 9.47 Å². The summed E-state index contributed by atoms with van der Waals surface area (Å²) < 4.78 is 12.5. The van der Waals surface area contributed by atoms with Gasteiger partial charge in [0.15, 0.2) is 17.2 Å². The molecule has 146 valence electrons. The first-order valence-corrected chi connectivity index (χ1v) is 9.13. The van der Waals surface area contributed by atoms with Crippen LogP contribution < -0.4 is 14.8 Å². The molecule has 1 saturated heterocycles. The molecule has 0 bridgehead atoms. The van der Waals surface area contributed by atoms with Gasteiger partial charge in [-0.1, -0.05) is 5.21 Å². The summed E-state index contributed by atoms with van der Waals surface area (Å²) in [5, 5.41) is 11.6. The van der Waals surface area contributed by atoms with Crippen molar-refractivity contribution in [1.82, 2.24) is 25.2 Å². The normalized spacial score (nSPS) is 14.8. The summed E-state index contributed by atoms with van der Waals surface area (Å²) in [4.78, 5) is 14.4. The number of piperidine rings is 1. The zero-order chi connectivity index (χ0) is 19.4. The van der Waals surface area contributed by atoms with Crippen LogP contribution in [0, 0.1) is 6.92 Å². The minimum absolute atomic E-state index is 0.149. The summed E-state index contributed by atoms with van der Waals surface area (Å²) in [5.74, 6) is 1.18. The van der Waals surface area contributed by atoms with Gasteiger partial charge in [0.05, 0.1) is 26.5 Å². The summed E-state index contributed by atoms with van der Waals surface area (Å²) in [6, 6.07) is 4.13. The van der Waals surface area contributed by atoms with Crippen molar-refractivity contribution in [3.63, 3.8) is 0 Å². The molecule has 0 radical (unpaired) electrons. The minimum Gasteiger partial charge on any atom is -0.493 e. The fraction of sp³-hybridized carbons (Fsp3) is 0.526. The molecule has 2 aromatic rings. The van der Waals surface area contributed by atoms with Crippen LogP contribution in [0.3, 0.4) is 0 Å². The SMILES string of the molecule is COc1cc(C)c(CN(C)C(=O)c2cn(C3CCNCC3)nn2)cc1OC. The van der Waals surface area contributed by atoms with E-state index >= 15 is 0 Å². The maximum atomic E-state index is 12.8. The number of rotatable bonds is 6. The molecule has 2 heterocycles. The van der Waals surface area contributed by atoms with Gasteiger partial charge in [-0.25, -0.2) is 4.68 Å². The topological polar surface area (TPSA) is 81.5 Å². The van der Waals surface area contributed by atoms with Crippen LogP contribution in [-0.4, -0.2) is 60.2 Å². The molecule has 1 aromatic heterocycles. The van der Waals surface area contributed by atoms with Crippen molar-refractivity contribution < 1.29 is 14.3 Å². The molecule has 1 N–H and O–H groups in total. The molecule has 0 atom stereocenters. The van der Waals surface area contributed by atoms with Gasteiger partial charge in [0.2, 0.25) is 0 Å². The van der Waals surface area contributed by atoms with Gasteiger partial charge in [0, 0.05) is 13.6 Å². The van der Waals surface area contributed by atoms with E-state index in [1.54, 1.807) is 32.4 Å². The Morgan fingerprint density at radius 2 is 1.93 bits per heavy atom. The maximum Gasteiger partial charge on any atom is 0.276 e. The Morgan fingerprint density at radius 1 is 1.26 bits per heavy atom. The molecule has 0 spiro atoms. The lowest BCUT2D eigenvalue weighted by molar-refractivity contribution is 0.0779. The third-order valence-corrected chi connectivity index (χ3v) is 5.01. The number of nitrogens with one attached hydrogen (secondary N) is 1. The van der Waals surface area contributed by atoms with Gasteiger partial charge in [-0.05, 0) is 56.1 Å². The van der Waals surface area contributed by atoms with Gasteiger partial charge >= 0.3 is 0 Å².